The number of benzene rings is 1. The summed E-state index contributed by atoms with van der Waals surface area (Å²) in [5.41, 5.74) is 0.712. The lowest BCUT2D eigenvalue weighted by molar-refractivity contribution is 0.0920. The summed E-state index contributed by atoms with van der Waals surface area (Å²) in [6, 6.07) is 4.76. The molecule has 2 saturated heterocycles. The fourth-order valence-corrected chi connectivity index (χ4v) is 4.81. The van der Waals surface area contributed by atoms with Crippen LogP contribution in [0, 0.1) is 0 Å². The van der Waals surface area contributed by atoms with Crippen LogP contribution in [0.25, 0.3) is 11.0 Å². The summed E-state index contributed by atoms with van der Waals surface area (Å²) in [6.45, 7) is 2.32. The Balaban J connectivity index is 1.52. The van der Waals surface area contributed by atoms with Gasteiger partial charge in [0.05, 0.1) is 22.0 Å². The van der Waals surface area contributed by atoms with Gasteiger partial charge in [0.2, 0.25) is 10.0 Å². The van der Waals surface area contributed by atoms with E-state index in [9.17, 15) is 18.3 Å². The van der Waals surface area contributed by atoms with E-state index in [-0.39, 0.29) is 22.7 Å². The van der Waals surface area contributed by atoms with Gasteiger partial charge in [0.15, 0.2) is 0 Å². The number of H-pyrrole nitrogens is 2. The Morgan fingerprint density at radius 2 is 1.87 bits per heavy atom. The van der Waals surface area contributed by atoms with Crippen molar-refractivity contribution in [1.82, 2.24) is 19.2 Å². The van der Waals surface area contributed by atoms with Crippen LogP contribution in [0.1, 0.15) is 6.42 Å². The number of aliphatic hydroxyl groups is 1. The van der Waals surface area contributed by atoms with Crippen molar-refractivity contribution in [2.75, 3.05) is 26.2 Å². The molecule has 1 aromatic heterocycles. The van der Waals surface area contributed by atoms with Gasteiger partial charge in [-0.15, -0.1) is 0 Å². The Kier molecular flexibility index (Phi) is 3.34. The molecule has 1 aromatic carbocycles. The highest BCUT2D eigenvalue weighted by Gasteiger charge is 2.41. The number of β-amino-alcohol motifs (C(OH)–C–C–N with tert-alkyl or cyclic N) is 1. The summed E-state index contributed by atoms with van der Waals surface area (Å²) in [4.78, 5) is 18.8. The van der Waals surface area contributed by atoms with Crippen molar-refractivity contribution in [3.63, 3.8) is 0 Å². The Morgan fingerprint density at radius 3 is 2.57 bits per heavy atom. The zero-order chi connectivity index (χ0) is 16.2. The molecule has 0 amide bonds. The molecule has 3 N–H and O–H groups in total. The van der Waals surface area contributed by atoms with E-state index in [0.717, 1.165) is 13.0 Å². The predicted octanol–water partition coefficient (Wildman–Crippen LogP) is -0.704. The van der Waals surface area contributed by atoms with Gasteiger partial charge in [-0.1, -0.05) is 0 Å². The Morgan fingerprint density at radius 1 is 1.13 bits per heavy atom. The van der Waals surface area contributed by atoms with E-state index in [2.05, 4.69) is 14.9 Å². The Hall–Kier alpha value is -1.68. The number of hydrogen-bond acceptors (Lipinski definition) is 5. The normalized spacial score (nSPS) is 24.3. The highest BCUT2D eigenvalue weighted by Crippen LogP contribution is 2.27. The van der Waals surface area contributed by atoms with Crippen LogP contribution < -0.4 is 5.69 Å². The molecule has 0 radical (unpaired) electrons. The number of likely N-dealkylation sites (tertiary alicyclic amines) is 1. The maximum absolute atomic E-state index is 12.6. The molecule has 0 aliphatic carbocycles. The smallest absolute Gasteiger partial charge is 0.323 e. The molecule has 3 heterocycles. The fourth-order valence-electron chi connectivity index (χ4n) is 3.26. The number of aromatic amines is 2. The van der Waals surface area contributed by atoms with Crippen molar-refractivity contribution in [2.45, 2.75) is 23.5 Å². The molecule has 2 aliphatic heterocycles. The molecule has 2 fully saturated rings. The van der Waals surface area contributed by atoms with Crippen molar-refractivity contribution in [1.29, 1.82) is 0 Å². The van der Waals surface area contributed by atoms with Crippen LogP contribution in [-0.4, -0.2) is 71.0 Å². The lowest BCUT2D eigenvalue weighted by Crippen LogP contribution is -2.60. The quantitative estimate of drug-likeness (QED) is 0.685. The number of imidazole rings is 1. The van der Waals surface area contributed by atoms with Gasteiger partial charge in [0.25, 0.3) is 0 Å². The number of nitrogens with one attached hydrogen (secondary N) is 2. The minimum atomic E-state index is -3.55. The van der Waals surface area contributed by atoms with Gasteiger partial charge in [-0.05, 0) is 24.6 Å². The lowest BCUT2D eigenvalue weighted by atomic mass is 10.1. The standard InChI is InChI=1S/C14H18N4O4S/c19-10-3-4-17(8-10)9-6-18(7-9)23(21,22)11-1-2-12-13(5-11)16-14(20)15-12/h1-2,5,9-10,19H,3-4,6-8H2,(H2,15,16,20)/t10-/m1/s1. The van der Waals surface area contributed by atoms with E-state index in [4.69, 9.17) is 0 Å². The largest absolute Gasteiger partial charge is 0.392 e. The summed E-state index contributed by atoms with van der Waals surface area (Å²) in [6.07, 6.45) is 0.453. The topological polar surface area (TPSA) is 110 Å². The molecule has 23 heavy (non-hydrogen) atoms. The predicted molar refractivity (Wildman–Crippen MR) is 83.7 cm³/mol. The third-order valence-electron chi connectivity index (χ3n) is 4.67. The molecule has 124 valence electrons. The Bertz CT molecular complexity index is 897. The molecule has 0 bridgehead atoms. The van der Waals surface area contributed by atoms with E-state index >= 15 is 0 Å². The lowest BCUT2D eigenvalue weighted by Gasteiger charge is -2.42. The average Bonchev–Trinajstić information content (AvgIpc) is 3.00. The maximum Gasteiger partial charge on any atom is 0.323 e. The number of hydrogen-bond donors (Lipinski definition) is 3. The van der Waals surface area contributed by atoms with Gasteiger partial charge < -0.3 is 15.1 Å². The molecule has 2 aromatic rings. The molecule has 1 atom stereocenters. The zero-order valence-corrected chi connectivity index (χ0v) is 13.2. The van der Waals surface area contributed by atoms with E-state index in [1.54, 1.807) is 6.07 Å². The zero-order valence-electron chi connectivity index (χ0n) is 12.4. The molecule has 8 nitrogen and oxygen atoms in total. The molecule has 9 heteroatoms. The van der Waals surface area contributed by atoms with Gasteiger partial charge in [-0.2, -0.15) is 4.31 Å². The highest BCUT2D eigenvalue weighted by atomic mass is 32.2. The second-order valence-electron chi connectivity index (χ2n) is 6.20. The average molecular weight is 338 g/mol. The van der Waals surface area contributed by atoms with Crippen molar-refractivity contribution < 1.29 is 13.5 Å². The SMILES string of the molecule is O=c1[nH]c2ccc(S(=O)(=O)N3CC(N4CC[C@@H](O)C4)C3)cc2[nH]1. The maximum atomic E-state index is 12.6. The van der Waals surface area contributed by atoms with Crippen molar-refractivity contribution in [2.24, 2.45) is 0 Å². The van der Waals surface area contributed by atoms with Gasteiger partial charge in [0.1, 0.15) is 0 Å². The molecule has 4 rings (SSSR count). The summed E-state index contributed by atoms with van der Waals surface area (Å²) in [7, 11) is -3.55. The minimum absolute atomic E-state index is 0.178. The number of aromatic nitrogens is 2. The van der Waals surface area contributed by atoms with Crippen LogP contribution in [0.2, 0.25) is 0 Å². The highest BCUT2D eigenvalue weighted by molar-refractivity contribution is 7.89. The molecule has 0 saturated carbocycles. The van der Waals surface area contributed by atoms with Crippen LogP contribution in [0.3, 0.4) is 0 Å². The minimum Gasteiger partial charge on any atom is -0.392 e. The van der Waals surface area contributed by atoms with Gasteiger partial charge in [0, 0.05) is 32.2 Å². The van der Waals surface area contributed by atoms with E-state index in [0.29, 0.717) is 30.7 Å². The van der Waals surface area contributed by atoms with E-state index in [1.807, 2.05) is 0 Å². The summed E-state index contributed by atoms with van der Waals surface area (Å²) >= 11 is 0. The summed E-state index contributed by atoms with van der Waals surface area (Å²) < 4.78 is 26.7. The number of aliphatic hydroxyl groups excluding tert-OH is 1. The molecule has 0 spiro atoms. The number of fused-ring (bicyclic) bond motifs is 1. The van der Waals surface area contributed by atoms with Crippen LogP contribution in [0.5, 0.6) is 0 Å². The summed E-state index contributed by atoms with van der Waals surface area (Å²) in [5.74, 6) is 0. The second kappa shape index (κ2) is 5.17. The first-order valence-electron chi connectivity index (χ1n) is 7.58. The third kappa shape index (κ3) is 2.49. The van der Waals surface area contributed by atoms with Crippen LogP contribution in [0.4, 0.5) is 0 Å². The first kappa shape index (κ1) is 14.9. The van der Waals surface area contributed by atoms with Crippen LogP contribution in [-0.2, 0) is 10.0 Å². The van der Waals surface area contributed by atoms with Crippen LogP contribution >= 0.6 is 0 Å². The van der Waals surface area contributed by atoms with Crippen molar-refractivity contribution in [3.8, 4) is 0 Å². The van der Waals surface area contributed by atoms with Crippen molar-refractivity contribution in [3.05, 3.63) is 28.7 Å². The number of nitrogens with zero attached hydrogens (tertiary/aromatic N) is 2. The third-order valence-corrected chi connectivity index (χ3v) is 6.49. The van der Waals surface area contributed by atoms with Crippen molar-refractivity contribution >= 4 is 21.1 Å². The molecular weight excluding hydrogens is 320 g/mol. The van der Waals surface area contributed by atoms with Gasteiger partial charge >= 0.3 is 5.69 Å². The molecular formula is C14H18N4O4S. The Labute approximate surface area is 132 Å². The second-order valence-corrected chi connectivity index (χ2v) is 8.14. The van der Waals surface area contributed by atoms with E-state index in [1.165, 1.54) is 16.4 Å². The number of sulfonamides is 1. The molecule has 2 aliphatic rings. The first-order valence-corrected chi connectivity index (χ1v) is 9.02. The van der Waals surface area contributed by atoms with E-state index < -0.39 is 10.0 Å². The first-order chi connectivity index (χ1) is 10.9. The fraction of sp³-hybridized carbons (Fsp3) is 0.500. The van der Waals surface area contributed by atoms with Gasteiger partial charge in [-0.25, -0.2) is 13.2 Å². The van der Waals surface area contributed by atoms with Gasteiger partial charge in [-0.3, -0.25) is 4.90 Å². The molecule has 0 unspecified atom stereocenters. The monoisotopic (exact) mass is 338 g/mol. The van der Waals surface area contributed by atoms with Crippen LogP contribution in [0.15, 0.2) is 27.9 Å². The number of rotatable bonds is 3. The summed E-state index contributed by atoms with van der Waals surface area (Å²) in [5, 5.41) is 9.57.